The molecule has 2 atom stereocenters. The van der Waals surface area contributed by atoms with E-state index in [4.69, 9.17) is 11.6 Å². The average molecular weight is 207 g/mol. The standard InChI is InChI=1S/C9H15ClO3/c1-3-4-7(12)5-8(13)9(10)6(2)11/h7,9,12H,3-5H2,1-2H3. The van der Waals surface area contributed by atoms with Crippen LogP contribution in [-0.2, 0) is 9.59 Å². The number of carbonyl (C=O) groups excluding carboxylic acids is 2. The van der Waals surface area contributed by atoms with Crippen molar-refractivity contribution in [3.8, 4) is 0 Å². The number of ketones is 2. The van der Waals surface area contributed by atoms with E-state index in [0.29, 0.717) is 6.42 Å². The van der Waals surface area contributed by atoms with E-state index in [-0.39, 0.29) is 12.2 Å². The van der Waals surface area contributed by atoms with Crippen LogP contribution in [0.3, 0.4) is 0 Å². The number of aliphatic hydroxyl groups is 1. The molecular weight excluding hydrogens is 192 g/mol. The van der Waals surface area contributed by atoms with Gasteiger partial charge in [0, 0.05) is 6.42 Å². The van der Waals surface area contributed by atoms with Crippen LogP contribution in [0.4, 0.5) is 0 Å². The number of aliphatic hydroxyl groups excluding tert-OH is 1. The lowest BCUT2D eigenvalue weighted by molar-refractivity contribution is -0.126. The minimum Gasteiger partial charge on any atom is -0.393 e. The van der Waals surface area contributed by atoms with Crippen molar-refractivity contribution in [1.29, 1.82) is 0 Å². The molecule has 0 radical (unpaired) electrons. The zero-order valence-corrected chi connectivity index (χ0v) is 8.67. The van der Waals surface area contributed by atoms with Crippen LogP contribution in [0.1, 0.15) is 33.1 Å². The molecule has 0 saturated heterocycles. The molecular formula is C9H15ClO3. The maximum Gasteiger partial charge on any atom is 0.160 e. The van der Waals surface area contributed by atoms with Gasteiger partial charge in [0.05, 0.1) is 6.10 Å². The highest BCUT2D eigenvalue weighted by Crippen LogP contribution is 2.08. The first-order chi connectivity index (χ1) is 5.99. The predicted molar refractivity (Wildman–Crippen MR) is 50.9 cm³/mol. The van der Waals surface area contributed by atoms with E-state index in [2.05, 4.69) is 0 Å². The minimum atomic E-state index is -1.09. The Bertz CT molecular complexity index is 191. The van der Waals surface area contributed by atoms with Crippen molar-refractivity contribution in [2.45, 2.75) is 44.6 Å². The molecule has 0 aliphatic heterocycles. The Kier molecular flexibility index (Phi) is 5.91. The minimum absolute atomic E-state index is 0.0262. The third-order valence-electron chi connectivity index (χ3n) is 1.70. The second kappa shape index (κ2) is 6.11. The fourth-order valence-corrected chi connectivity index (χ4v) is 1.09. The Balaban J connectivity index is 3.92. The highest BCUT2D eigenvalue weighted by molar-refractivity contribution is 6.41. The Morgan fingerprint density at radius 3 is 2.38 bits per heavy atom. The summed E-state index contributed by atoms with van der Waals surface area (Å²) < 4.78 is 0. The fourth-order valence-electron chi connectivity index (χ4n) is 0.998. The number of rotatable bonds is 6. The molecule has 0 saturated carbocycles. The summed E-state index contributed by atoms with van der Waals surface area (Å²) in [5.74, 6) is -0.759. The van der Waals surface area contributed by atoms with Gasteiger partial charge in [-0.1, -0.05) is 13.3 Å². The summed E-state index contributed by atoms with van der Waals surface area (Å²) >= 11 is 5.50. The molecule has 13 heavy (non-hydrogen) atoms. The van der Waals surface area contributed by atoms with Crippen LogP contribution in [0, 0.1) is 0 Å². The van der Waals surface area contributed by atoms with Crippen LogP contribution in [0.15, 0.2) is 0 Å². The topological polar surface area (TPSA) is 54.4 Å². The molecule has 0 aromatic carbocycles. The van der Waals surface area contributed by atoms with Crippen molar-refractivity contribution < 1.29 is 14.7 Å². The van der Waals surface area contributed by atoms with E-state index in [0.717, 1.165) is 6.42 Å². The number of hydrogen-bond donors (Lipinski definition) is 1. The van der Waals surface area contributed by atoms with Gasteiger partial charge in [0.15, 0.2) is 11.6 Å². The predicted octanol–water partition coefficient (Wildman–Crippen LogP) is 1.30. The molecule has 4 heteroatoms. The first-order valence-corrected chi connectivity index (χ1v) is 4.78. The lowest BCUT2D eigenvalue weighted by Gasteiger charge is -2.09. The highest BCUT2D eigenvalue weighted by Gasteiger charge is 2.22. The zero-order chi connectivity index (χ0) is 10.4. The molecule has 0 aliphatic carbocycles. The van der Waals surface area contributed by atoms with E-state index in [9.17, 15) is 14.7 Å². The zero-order valence-electron chi connectivity index (χ0n) is 7.92. The first-order valence-electron chi connectivity index (χ1n) is 4.34. The van der Waals surface area contributed by atoms with Crippen LogP contribution in [0.25, 0.3) is 0 Å². The molecule has 0 aromatic heterocycles. The second-order valence-corrected chi connectivity index (χ2v) is 3.52. The van der Waals surface area contributed by atoms with Gasteiger partial charge < -0.3 is 5.11 Å². The van der Waals surface area contributed by atoms with Crippen LogP contribution >= 0.6 is 11.6 Å². The second-order valence-electron chi connectivity index (χ2n) is 3.09. The molecule has 0 heterocycles. The van der Waals surface area contributed by atoms with Gasteiger partial charge in [0.1, 0.15) is 5.38 Å². The fraction of sp³-hybridized carbons (Fsp3) is 0.778. The van der Waals surface area contributed by atoms with Gasteiger partial charge in [-0.3, -0.25) is 9.59 Å². The van der Waals surface area contributed by atoms with E-state index >= 15 is 0 Å². The Morgan fingerprint density at radius 1 is 1.46 bits per heavy atom. The molecule has 0 bridgehead atoms. The number of hydrogen-bond acceptors (Lipinski definition) is 3. The monoisotopic (exact) mass is 206 g/mol. The molecule has 0 aromatic rings. The number of alkyl halides is 1. The SMILES string of the molecule is CCCC(O)CC(=O)C(Cl)C(C)=O. The lowest BCUT2D eigenvalue weighted by atomic mass is 10.1. The summed E-state index contributed by atoms with van der Waals surface area (Å²) in [5.41, 5.74) is 0. The molecule has 76 valence electrons. The van der Waals surface area contributed by atoms with Gasteiger partial charge in [-0.2, -0.15) is 0 Å². The normalized spacial score (nSPS) is 15.1. The molecule has 0 rings (SSSR count). The number of halogens is 1. The molecule has 0 amide bonds. The van der Waals surface area contributed by atoms with Crippen molar-refractivity contribution in [2.75, 3.05) is 0 Å². The quantitative estimate of drug-likeness (QED) is 0.527. The van der Waals surface area contributed by atoms with Gasteiger partial charge in [0.25, 0.3) is 0 Å². The van der Waals surface area contributed by atoms with E-state index in [1.165, 1.54) is 6.92 Å². The van der Waals surface area contributed by atoms with Crippen molar-refractivity contribution in [3.63, 3.8) is 0 Å². The van der Waals surface area contributed by atoms with Crippen LogP contribution in [-0.4, -0.2) is 28.2 Å². The van der Waals surface area contributed by atoms with Crippen LogP contribution in [0.2, 0.25) is 0 Å². The van der Waals surface area contributed by atoms with Crippen molar-refractivity contribution in [1.82, 2.24) is 0 Å². The molecule has 0 aliphatic rings. The van der Waals surface area contributed by atoms with E-state index in [1.54, 1.807) is 0 Å². The number of carbonyl (C=O) groups is 2. The summed E-state index contributed by atoms with van der Waals surface area (Å²) in [6.07, 6.45) is 0.675. The van der Waals surface area contributed by atoms with Gasteiger partial charge in [-0.25, -0.2) is 0 Å². The van der Waals surface area contributed by atoms with Crippen molar-refractivity contribution in [2.24, 2.45) is 0 Å². The summed E-state index contributed by atoms with van der Waals surface area (Å²) in [5, 5.41) is 8.17. The summed E-state index contributed by atoms with van der Waals surface area (Å²) in [7, 11) is 0. The van der Waals surface area contributed by atoms with E-state index < -0.39 is 17.3 Å². The largest absolute Gasteiger partial charge is 0.393 e. The smallest absolute Gasteiger partial charge is 0.160 e. The molecule has 1 N–H and O–H groups in total. The van der Waals surface area contributed by atoms with Gasteiger partial charge in [0.2, 0.25) is 0 Å². The van der Waals surface area contributed by atoms with Crippen LogP contribution in [0.5, 0.6) is 0 Å². The molecule has 0 fully saturated rings. The van der Waals surface area contributed by atoms with E-state index in [1.807, 2.05) is 6.92 Å². The van der Waals surface area contributed by atoms with Crippen molar-refractivity contribution >= 4 is 23.2 Å². The van der Waals surface area contributed by atoms with Crippen LogP contribution < -0.4 is 0 Å². The summed E-state index contributed by atoms with van der Waals surface area (Å²) in [4.78, 5) is 21.8. The number of Topliss-reactive ketones (excluding diaryl/α,β-unsaturated/α-hetero) is 2. The maximum atomic E-state index is 11.2. The third-order valence-corrected chi connectivity index (χ3v) is 2.25. The third kappa shape index (κ3) is 5.01. The summed E-state index contributed by atoms with van der Waals surface area (Å²) in [6, 6.07) is 0. The lowest BCUT2D eigenvalue weighted by Crippen LogP contribution is -2.26. The highest BCUT2D eigenvalue weighted by atomic mass is 35.5. The maximum absolute atomic E-state index is 11.2. The van der Waals surface area contributed by atoms with Crippen molar-refractivity contribution in [3.05, 3.63) is 0 Å². The molecule has 0 spiro atoms. The van der Waals surface area contributed by atoms with Gasteiger partial charge >= 0.3 is 0 Å². The molecule has 3 nitrogen and oxygen atoms in total. The molecule has 2 unspecified atom stereocenters. The average Bonchev–Trinajstić information content (AvgIpc) is 2.03. The van der Waals surface area contributed by atoms with Gasteiger partial charge in [-0.15, -0.1) is 11.6 Å². The Labute approximate surface area is 83.1 Å². The Hall–Kier alpha value is -0.410. The summed E-state index contributed by atoms with van der Waals surface area (Å²) in [6.45, 7) is 3.18. The Morgan fingerprint density at radius 2 is 2.00 bits per heavy atom. The van der Waals surface area contributed by atoms with Gasteiger partial charge in [-0.05, 0) is 13.3 Å². The first kappa shape index (κ1) is 12.6.